The van der Waals surface area contributed by atoms with Crippen LogP contribution in [0.2, 0.25) is 0 Å². The van der Waals surface area contributed by atoms with Crippen molar-refractivity contribution >= 4 is 17.9 Å². The fourth-order valence-corrected chi connectivity index (χ4v) is 4.66. The van der Waals surface area contributed by atoms with Crippen molar-refractivity contribution in [1.82, 2.24) is 0 Å². The van der Waals surface area contributed by atoms with Gasteiger partial charge >= 0.3 is 17.9 Å². The summed E-state index contributed by atoms with van der Waals surface area (Å²) in [5.41, 5.74) is 4.29. The molecule has 54 heavy (non-hydrogen) atoms. The molecule has 9 heteroatoms. The molecule has 0 aromatic heterocycles. The Bertz CT molecular complexity index is 1990. The van der Waals surface area contributed by atoms with E-state index in [1.807, 2.05) is 72.8 Å². The van der Waals surface area contributed by atoms with Gasteiger partial charge in [0.05, 0.1) is 33.5 Å². The van der Waals surface area contributed by atoms with E-state index in [1.54, 1.807) is 18.2 Å². The van der Waals surface area contributed by atoms with E-state index in [2.05, 4.69) is 36.8 Å². The normalized spacial score (nSPS) is 9.94. The van der Waals surface area contributed by atoms with Gasteiger partial charge in [-0.15, -0.1) is 0 Å². The molecular weight excluding hydrogens is 684 g/mol. The Kier molecular flexibility index (Phi) is 16.5. The maximum Gasteiger partial charge on any atom is 0.341 e. The topological polar surface area (TPSA) is 107 Å². The zero-order valence-corrected chi connectivity index (χ0v) is 30.3. The Morgan fingerprint density at radius 1 is 0.556 bits per heavy atom. The van der Waals surface area contributed by atoms with Crippen LogP contribution in [0.3, 0.4) is 0 Å². The van der Waals surface area contributed by atoms with Crippen LogP contribution in [-0.2, 0) is 30.4 Å². The average Bonchev–Trinajstić information content (AvgIpc) is 3.21. The summed E-state index contributed by atoms with van der Waals surface area (Å²) in [5.74, 6) is 13.0. The zero-order valence-electron chi connectivity index (χ0n) is 30.3. The Hall–Kier alpha value is -6.71. The Balaban J connectivity index is 1.25. The van der Waals surface area contributed by atoms with E-state index in [-0.39, 0.29) is 12.2 Å². The van der Waals surface area contributed by atoms with Crippen molar-refractivity contribution in [3.63, 3.8) is 0 Å². The molecule has 0 radical (unpaired) electrons. The van der Waals surface area contributed by atoms with Crippen LogP contribution in [0.25, 0.3) is 0 Å². The molecule has 0 heterocycles. The molecule has 4 aromatic carbocycles. The van der Waals surface area contributed by atoms with Gasteiger partial charge in [0.2, 0.25) is 0 Å². The number of carbonyl (C=O) groups is 3. The van der Waals surface area contributed by atoms with Crippen molar-refractivity contribution in [3.8, 4) is 40.9 Å². The average molecular weight is 727 g/mol. The van der Waals surface area contributed by atoms with E-state index in [0.29, 0.717) is 56.3 Å². The van der Waals surface area contributed by atoms with E-state index in [4.69, 9.17) is 28.4 Å². The van der Waals surface area contributed by atoms with Gasteiger partial charge in [0, 0.05) is 34.4 Å². The fraction of sp³-hybridized carbons (Fsp3) is 0.222. The highest BCUT2D eigenvalue weighted by Crippen LogP contribution is 2.23. The van der Waals surface area contributed by atoms with Crippen LogP contribution in [0, 0.1) is 23.7 Å². The van der Waals surface area contributed by atoms with Crippen molar-refractivity contribution in [2.24, 2.45) is 0 Å². The van der Waals surface area contributed by atoms with Crippen LogP contribution in [0.5, 0.6) is 17.2 Å². The summed E-state index contributed by atoms with van der Waals surface area (Å²) in [5, 5.41) is 0. The van der Waals surface area contributed by atoms with Gasteiger partial charge in [0.1, 0.15) is 29.4 Å². The van der Waals surface area contributed by atoms with Gasteiger partial charge in [-0.05, 0) is 110 Å². The predicted octanol–water partition coefficient (Wildman–Crippen LogP) is 7.63. The predicted molar refractivity (Wildman–Crippen MR) is 205 cm³/mol. The van der Waals surface area contributed by atoms with E-state index >= 15 is 0 Å². The second-order valence-corrected chi connectivity index (χ2v) is 11.6. The van der Waals surface area contributed by atoms with Crippen molar-refractivity contribution < 1.29 is 42.8 Å². The lowest BCUT2D eigenvalue weighted by molar-refractivity contribution is -0.138. The summed E-state index contributed by atoms with van der Waals surface area (Å²) < 4.78 is 32.4. The number of rotatable bonds is 18. The molecule has 0 aliphatic heterocycles. The van der Waals surface area contributed by atoms with Gasteiger partial charge in [-0.25, -0.2) is 14.4 Å². The molecular formula is C45H42O9. The summed E-state index contributed by atoms with van der Waals surface area (Å²) in [6.45, 7) is 8.67. The molecule has 4 rings (SSSR count). The number of benzene rings is 4. The van der Waals surface area contributed by atoms with Gasteiger partial charge < -0.3 is 28.4 Å². The minimum Gasteiger partial charge on any atom is -0.494 e. The third-order valence-corrected chi connectivity index (χ3v) is 7.58. The number of hydrogen-bond acceptors (Lipinski definition) is 9. The molecule has 0 atom stereocenters. The highest BCUT2D eigenvalue weighted by atomic mass is 16.5. The summed E-state index contributed by atoms with van der Waals surface area (Å²) in [6, 6.07) is 27.8. The number of ether oxygens (including phenoxy) is 6. The second kappa shape index (κ2) is 22.3. The van der Waals surface area contributed by atoms with Crippen molar-refractivity contribution in [2.45, 2.75) is 32.3 Å². The molecule has 0 fully saturated rings. The standard InChI is InChI=1S/C45H42O9/c1-4-43(46)52-30-8-6-28-50-39-23-18-35(19-24-39)11-10-34-13-16-38(17-14-34)33-54-42-27-22-37(32-41(42)45(48)49-3)15-12-36-20-25-40(26-21-36)51-29-7-9-31-53-44(47)5-2/h4-5,13-14,16-27,32H,1-2,6-9,28-31,33H2,3H3. The molecule has 0 aliphatic carbocycles. The first-order chi connectivity index (χ1) is 26.4. The van der Waals surface area contributed by atoms with Crippen LogP contribution in [0.15, 0.2) is 116 Å². The number of esters is 3. The van der Waals surface area contributed by atoms with Crippen LogP contribution in [-0.4, -0.2) is 51.4 Å². The largest absolute Gasteiger partial charge is 0.494 e. The smallest absolute Gasteiger partial charge is 0.341 e. The van der Waals surface area contributed by atoms with E-state index in [1.165, 1.54) is 7.11 Å². The molecule has 0 unspecified atom stereocenters. The Labute approximate surface area is 316 Å². The number of hydrogen-bond donors (Lipinski definition) is 0. The second-order valence-electron chi connectivity index (χ2n) is 11.6. The SMILES string of the molecule is C=CC(=O)OCCCCOc1ccc(C#Cc2ccc(COc3ccc(C#Cc4ccc(OCCCCOC(=O)C=C)cc4)cc3C(=O)OC)cc2)cc1. The Morgan fingerprint density at radius 2 is 0.981 bits per heavy atom. The molecule has 0 bridgehead atoms. The lowest BCUT2D eigenvalue weighted by Crippen LogP contribution is -2.06. The van der Waals surface area contributed by atoms with Gasteiger partial charge in [0.25, 0.3) is 0 Å². The number of unbranched alkanes of at least 4 members (excludes halogenated alkanes) is 2. The first-order valence-corrected chi connectivity index (χ1v) is 17.4. The van der Waals surface area contributed by atoms with E-state index in [0.717, 1.165) is 53.0 Å². The first-order valence-electron chi connectivity index (χ1n) is 17.4. The minimum absolute atomic E-state index is 0.237. The van der Waals surface area contributed by atoms with E-state index < -0.39 is 17.9 Å². The molecule has 0 amide bonds. The molecule has 0 spiro atoms. The lowest BCUT2D eigenvalue weighted by Gasteiger charge is -2.11. The van der Waals surface area contributed by atoms with Crippen LogP contribution < -0.4 is 14.2 Å². The summed E-state index contributed by atoms with van der Waals surface area (Å²) in [4.78, 5) is 34.8. The van der Waals surface area contributed by atoms with Crippen LogP contribution in [0.1, 0.15) is 63.9 Å². The van der Waals surface area contributed by atoms with Gasteiger partial charge in [-0.3, -0.25) is 0 Å². The van der Waals surface area contributed by atoms with Crippen molar-refractivity contribution in [1.29, 1.82) is 0 Å². The summed E-state index contributed by atoms with van der Waals surface area (Å²) >= 11 is 0. The zero-order chi connectivity index (χ0) is 38.4. The maximum atomic E-state index is 12.6. The number of carbonyl (C=O) groups excluding carboxylic acids is 3. The van der Waals surface area contributed by atoms with E-state index in [9.17, 15) is 14.4 Å². The quantitative estimate of drug-likeness (QED) is 0.0337. The van der Waals surface area contributed by atoms with Gasteiger partial charge in [0.15, 0.2) is 0 Å². The first kappa shape index (κ1) is 40.1. The van der Waals surface area contributed by atoms with Crippen molar-refractivity contribution in [3.05, 3.63) is 150 Å². The monoisotopic (exact) mass is 726 g/mol. The molecule has 0 saturated carbocycles. The molecule has 9 nitrogen and oxygen atoms in total. The van der Waals surface area contributed by atoms with Crippen molar-refractivity contribution in [2.75, 3.05) is 33.5 Å². The maximum absolute atomic E-state index is 12.6. The highest BCUT2D eigenvalue weighted by Gasteiger charge is 2.14. The molecule has 0 saturated heterocycles. The number of methoxy groups -OCH3 is 1. The van der Waals surface area contributed by atoms with Gasteiger partial charge in [-0.1, -0.05) is 49.0 Å². The third-order valence-electron chi connectivity index (χ3n) is 7.58. The fourth-order valence-electron chi connectivity index (χ4n) is 4.66. The minimum atomic E-state index is -0.525. The highest BCUT2D eigenvalue weighted by molar-refractivity contribution is 5.93. The molecule has 0 N–H and O–H groups in total. The lowest BCUT2D eigenvalue weighted by atomic mass is 10.1. The van der Waals surface area contributed by atoms with Gasteiger partial charge in [-0.2, -0.15) is 0 Å². The Morgan fingerprint density at radius 3 is 1.44 bits per heavy atom. The summed E-state index contributed by atoms with van der Waals surface area (Å²) in [6.07, 6.45) is 5.21. The summed E-state index contributed by atoms with van der Waals surface area (Å²) in [7, 11) is 1.32. The molecule has 0 aliphatic rings. The van der Waals surface area contributed by atoms with Crippen LogP contribution >= 0.6 is 0 Å². The third kappa shape index (κ3) is 14.1. The van der Waals surface area contributed by atoms with Crippen LogP contribution in [0.4, 0.5) is 0 Å². The molecule has 276 valence electrons. The molecule has 4 aromatic rings.